The molecule has 0 unspecified atom stereocenters. The first-order valence-corrected chi connectivity index (χ1v) is 15.7. The van der Waals surface area contributed by atoms with E-state index in [2.05, 4.69) is 20.4 Å². The van der Waals surface area contributed by atoms with Crippen molar-refractivity contribution in [3.8, 4) is 11.6 Å². The van der Waals surface area contributed by atoms with Gasteiger partial charge in [-0.3, -0.25) is 9.59 Å². The van der Waals surface area contributed by atoms with Gasteiger partial charge >= 0.3 is 18.1 Å². The minimum atomic E-state index is -4.84. The van der Waals surface area contributed by atoms with Crippen LogP contribution in [-0.2, 0) is 25.5 Å². The van der Waals surface area contributed by atoms with E-state index >= 15 is 0 Å². The number of nitrogen functional groups attached to an aromatic ring is 1. The lowest BCUT2D eigenvalue weighted by Gasteiger charge is -2.39. The van der Waals surface area contributed by atoms with Gasteiger partial charge in [0, 0.05) is 43.9 Å². The van der Waals surface area contributed by atoms with Gasteiger partial charge in [0.2, 0.25) is 17.9 Å². The number of esters is 2. The van der Waals surface area contributed by atoms with E-state index in [1.54, 1.807) is 39.1 Å². The number of aryl methyl sites for hydroxylation is 2. The van der Waals surface area contributed by atoms with Crippen molar-refractivity contribution in [1.29, 1.82) is 0 Å². The fourth-order valence-electron chi connectivity index (χ4n) is 6.19. The minimum Gasteiger partial charge on any atom is -0.466 e. The molecule has 0 radical (unpaired) electrons. The lowest BCUT2D eigenvalue weighted by atomic mass is 9.76. The number of hydrogen-bond acceptors (Lipinski definition) is 11. The first-order valence-electron chi connectivity index (χ1n) is 15.7. The Kier molecular flexibility index (Phi) is 10.2. The number of anilines is 2. The highest BCUT2D eigenvalue weighted by Gasteiger charge is 2.46. The first kappa shape index (κ1) is 33.9. The highest BCUT2D eigenvalue weighted by Crippen LogP contribution is 2.42. The van der Waals surface area contributed by atoms with Gasteiger partial charge < -0.3 is 30.2 Å². The molecule has 3 aromatic rings. The van der Waals surface area contributed by atoms with Crippen molar-refractivity contribution in [2.24, 2.45) is 5.41 Å². The molecule has 2 aromatic heterocycles. The molecule has 254 valence electrons. The third-order valence-corrected chi connectivity index (χ3v) is 8.59. The molecule has 4 heterocycles. The summed E-state index contributed by atoms with van der Waals surface area (Å²) in [5, 5.41) is 7.61. The fourth-order valence-corrected chi connectivity index (χ4v) is 6.19. The summed E-state index contributed by atoms with van der Waals surface area (Å²) in [5.41, 5.74) is 7.10. The largest absolute Gasteiger partial charge is 0.466 e. The first-order chi connectivity index (χ1) is 22.4. The molecular formula is C32H40F3N7O5. The van der Waals surface area contributed by atoms with E-state index in [1.807, 2.05) is 4.90 Å². The molecule has 12 nitrogen and oxygen atoms in total. The summed E-state index contributed by atoms with van der Waals surface area (Å²) < 4.78 is 61.4. The van der Waals surface area contributed by atoms with Gasteiger partial charge in [0.15, 0.2) is 0 Å². The monoisotopic (exact) mass is 659 g/mol. The third kappa shape index (κ3) is 8.13. The van der Waals surface area contributed by atoms with Crippen LogP contribution in [0.3, 0.4) is 0 Å². The number of piperidine rings is 1. The average molecular weight is 660 g/mol. The number of carbonyl (C=O) groups excluding carboxylic acids is 2. The zero-order chi connectivity index (χ0) is 33.8. The molecule has 0 bridgehead atoms. The molecule has 0 amide bonds. The van der Waals surface area contributed by atoms with Crippen molar-refractivity contribution in [1.82, 2.24) is 25.1 Å². The van der Waals surface area contributed by atoms with E-state index in [0.717, 1.165) is 12.8 Å². The average Bonchev–Trinajstić information content (AvgIpc) is 3.65. The van der Waals surface area contributed by atoms with Gasteiger partial charge in [-0.15, -0.1) is 0 Å². The van der Waals surface area contributed by atoms with Gasteiger partial charge in [0.25, 0.3) is 0 Å². The number of alkyl halides is 3. The molecule has 15 heteroatoms. The Balaban J connectivity index is 1.37. The van der Waals surface area contributed by atoms with Gasteiger partial charge in [-0.05, 0) is 69.6 Å². The zero-order valence-corrected chi connectivity index (χ0v) is 26.7. The molecule has 1 aromatic carbocycles. The minimum absolute atomic E-state index is 0.0764. The smallest absolute Gasteiger partial charge is 0.429 e. The van der Waals surface area contributed by atoms with E-state index in [1.165, 1.54) is 22.9 Å². The van der Waals surface area contributed by atoms with Gasteiger partial charge in [0.05, 0.1) is 24.6 Å². The van der Waals surface area contributed by atoms with Gasteiger partial charge in [-0.2, -0.15) is 28.2 Å². The maximum Gasteiger partial charge on any atom is 0.429 e. The molecule has 3 N–H and O–H groups in total. The lowest BCUT2D eigenvalue weighted by Crippen LogP contribution is -2.41. The summed E-state index contributed by atoms with van der Waals surface area (Å²) in [6, 6.07) is 7.13. The van der Waals surface area contributed by atoms with Crippen LogP contribution in [0.4, 0.5) is 24.9 Å². The summed E-state index contributed by atoms with van der Waals surface area (Å²) in [5.74, 6) is -0.844. The third-order valence-electron chi connectivity index (χ3n) is 8.59. The molecule has 2 atom stereocenters. The Hall–Kier alpha value is -4.40. The van der Waals surface area contributed by atoms with Crippen molar-refractivity contribution in [2.75, 3.05) is 43.5 Å². The van der Waals surface area contributed by atoms with Crippen LogP contribution in [0.25, 0.3) is 5.69 Å². The molecule has 2 saturated heterocycles. The topological polar surface area (TPSA) is 147 Å². The van der Waals surface area contributed by atoms with Crippen molar-refractivity contribution in [3.63, 3.8) is 0 Å². The number of ether oxygens (including phenoxy) is 3. The summed E-state index contributed by atoms with van der Waals surface area (Å²) >= 11 is 0. The fraction of sp³-hybridized carbons (Fsp3) is 0.531. The maximum atomic E-state index is 14.8. The van der Waals surface area contributed by atoms with E-state index in [0.29, 0.717) is 49.7 Å². The molecule has 0 saturated carbocycles. The molecule has 0 aliphatic carbocycles. The molecule has 5 rings (SSSR count). The zero-order valence-electron chi connectivity index (χ0n) is 26.7. The number of hydrogen-bond donors (Lipinski definition) is 2. The van der Waals surface area contributed by atoms with Crippen LogP contribution < -0.4 is 20.7 Å². The summed E-state index contributed by atoms with van der Waals surface area (Å²) in [7, 11) is 0. The Bertz CT molecular complexity index is 1570. The molecular weight excluding hydrogens is 619 g/mol. The summed E-state index contributed by atoms with van der Waals surface area (Å²) in [6.07, 6.45) is -3.20. The van der Waals surface area contributed by atoms with Crippen molar-refractivity contribution < 1.29 is 37.0 Å². The van der Waals surface area contributed by atoms with E-state index in [4.69, 9.17) is 19.9 Å². The Morgan fingerprint density at radius 3 is 2.51 bits per heavy atom. The quantitative estimate of drug-likeness (QED) is 0.285. The van der Waals surface area contributed by atoms with Crippen LogP contribution in [0.1, 0.15) is 62.5 Å². The van der Waals surface area contributed by atoms with Gasteiger partial charge in [-0.1, -0.05) is 12.1 Å². The number of benzene rings is 1. The summed E-state index contributed by atoms with van der Waals surface area (Å²) in [6.45, 7) is 7.57. The number of rotatable bonds is 11. The highest BCUT2D eigenvalue weighted by atomic mass is 19.4. The van der Waals surface area contributed by atoms with Crippen LogP contribution in [-0.4, -0.2) is 76.8 Å². The van der Waals surface area contributed by atoms with E-state index in [9.17, 15) is 22.8 Å². The Morgan fingerprint density at radius 1 is 1.11 bits per heavy atom. The maximum absolute atomic E-state index is 14.8. The second-order valence-corrected chi connectivity index (χ2v) is 11.9. The Morgan fingerprint density at radius 2 is 1.85 bits per heavy atom. The van der Waals surface area contributed by atoms with Crippen molar-refractivity contribution >= 4 is 23.7 Å². The molecule has 2 aliphatic heterocycles. The lowest BCUT2D eigenvalue weighted by molar-refractivity contribution is -0.198. The SMILES string of the molecule is CCOC(=O)CCc1ccc([C@@H](Oc2cc(N3CCC4(CC3)CN[C@H](C(=O)OCC)C4)nc(N)n2)C(F)(F)F)c(-n2ccc(C)n2)c1. The predicted molar refractivity (Wildman–Crippen MR) is 166 cm³/mol. The van der Waals surface area contributed by atoms with E-state index in [-0.39, 0.29) is 60.0 Å². The van der Waals surface area contributed by atoms with Crippen LogP contribution in [0.2, 0.25) is 0 Å². The number of nitrogens with two attached hydrogens (primary N) is 1. The molecule has 2 aliphatic rings. The van der Waals surface area contributed by atoms with Crippen LogP contribution in [0.15, 0.2) is 36.5 Å². The second-order valence-electron chi connectivity index (χ2n) is 11.9. The number of aromatic nitrogens is 4. The number of nitrogens with one attached hydrogen (secondary N) is 1. The van der Waals surface area contributed by atoms with Crippen LogP contribution in [0, 0.1) is 12.3 Å². The Labute approximate surface area is 270 Å². The molecule has 1 spiro atoms. The van der Waals surface area contributed by atoms with Crippen molar-refractivity contribution in [3.05, 3.63) is 53.3 Å². The number of halogens is 3. The molecule has 2 fully saturated rings. The van der Waals surface area contributed by atoms with Gasteiger partial charge in [-0.25, -0.2) is 4.68 Å². The van der Waals surface area contributed by atoms with Crippen molar-refractivity contribution in [2.45, 2.75) is 71.2 Å². The van der Waals surface area contributed by atoms with Gasteiger partial charge in [0.1, 0.15) is 11.9 Å². The predicted octanol–water partition coefficient (Wildman–Crippen LogP) is 4.24. The standard InChI is InChI=1S/C32H40F3N7O5/c1-4-45-27(43)9-7-21-6-8-22(24(16-21)42-13-10-20(3)40-42)28(32(33,34)35)47-26-17-25(38-30(36)39-26)41-14-11-31(12-15-41)18-23(37-19-31)29(44)46-5-2/h6,8,10,13,16-17,23,28,37H,4-5,7,9,11-12,14-15,18-19H2,1-3H3,(H2,36,38,39)/t23-,28+/m0/s1. The summed E-state index contributed by atoms with van der Waals surface area (Å²) in [4.78, 5) is 34.4. The number of carbonyl (C=O) groups is 2. The van der Waals surface area contributed by atoms with E-state index < -0.39 is 18.2 Å². The highest BCUT2D eigenvalue weighted by molar-refractivity contribution is 5.76. The normalized spacial score (nSPS) is 18.3. The number of nitrogens with zero attached hydrogens (tertiary/aromatic N) is 5. The molecule has 47 heavy (non-hydrogen) atoms. The van der Waals surface area contributed by atoms with Crippen LogP contribution >= 0.6 is 0 Å². The van der Waals surface area contributed by atoms with Crippen LogP contribution in [0.5, 0.6) is 5.88 Å². The second kappa shape index (κ2) is 14.2.